The van der Waals surface area contributed by atoms with Crippen molar-refractivity contribution in [3.05, 3.63) is 53.9 Å². The van der Waals surface area contributed by atoms with Crippen molar-refractivity contribution in [3.63, 3.8) is 0 Å². The molecular formula is C39H59N5O4. The molecule has 0 N–H and O–H groups in total. The molecule has 5 rings (SSSR count). The molecule has 4 heterocycles. The van der Waals surface area contributed by atoms with Crippen LogP contribution in [0.1, 0.15) is 116 Å². The van der Waals surface area contributed by atoms with Crippen LogP contribution in [-0.4, -0.2) is 89.3 Å². The van der Waals surface area contributed by atoms with Crippen LogP contribution in [0.4, 0.5) is 10.7 Å². The first-order valence-electron chi connectivity index (χ1n) is 18.9. The smallest absolute Gasteiger partial charge is 0.410 e. The maximum Gasteiger partial charge on any atom is 0.410 e. The van der Waals surface area contributed by atoms with Gasteiger partial charge in [0.05, 0.1) is 5.69 Å². The zero-order chi connectivity index (χ0) is 33.7. The summed E-state index contributed by atoms with van der Waals surface area (Å²) >= 11 is 0. The molecule has 2 saturated heterocycles. The van der Waals surface area contributed by atoms with E-state index in [-0.39, 0.29) is 30.0 Å². The van der Waals surface area contributed by atoms with Crippen LogP contribution in [0.15, 0.2) is 48.2 Å². The molecule has 3 fully saturated rings. The van der Waals surface area contributed by atoms with Gasteiger partial charge in [0.15, 0.2) is 0 Å². The number of ether oxygens (including phenoxy) is 2. The quantitative estimate of drug-likeness (QED) is 0.128. The molecule has 0 spiro atoms. The fraction of sp³-hybridized carbons (Fsp3) is 0.692. The van der Waals surface area contributed by atoms with Gasteiger partial charge in [0, 0.05) is 69.8 Å². The minimum absolute atomic E-state index is 0.0790. The fourth-order valence-electron chi connectivity index (χ4n) is 7.55. The number of aromatic nitrogens is 2. The average Bonchev–Trinajstić information content (AvgIpc) is 3.51. The molecule has 1 aromatic rings. The molecular weight excluding hydrogens is 602 g/mol. The molecule has 1 unspecified atom stereocenters. The van der Waals surface area contributed by atoms with Crippen molar-refractivity contribution in [1.29, 1.82) is 0 Å². The van der Waals surface area contributed by atoms with E-state index in [1.54, 1.807) is 0 Å². The van der Waals surface area contributed by atoms with Crippen LogP contribution >= 0.6 is 0 Å². The highest BCUT2D eigenvalue weighted by Gasteiger charge is 2.29. The van der Waals surface area contributed by atoms with Crippen molar-refractivity contribution in [3.8, 4) is 0 Å². The second kappa shape index (κ2) is 18.5. The number of amides is 1. The van der Waals surface area contributed by atoms with Crippen molar-refractivity contribution in [1.82, 2.24) is 19.8 Å². The molecule has 0 bridgehead atoms. The van der Waals surface area contributed by atoms with Crippen LogP contribution in [0.3, 0.4) is 0 Å². The first-order chi connectivity index (χ1) is 23.4. The molecule has 4 atom stereocenters. The molecule has 0 radical (unpaired) electrons. The van der Waals surface area contributed by atoms with E-state index in [4.69, 9.17) is 14.5 Å². The number of nitrogens with zero attached hydrogens (tertiary/aromatic N) is 5. The summed E-state index contributed by atoms with van der Waals surface area (Å²) in [5.74, 6) is 0.691. The Morgan fingerprint density at radius 3 is 2.40 bits per heavy atom. The molecule has 48 heavy (non-hydrogen) atoms. The number of hydrogen-bond donors (Lipinski definition) is 0. The van der Waals surface area contributed by atoms with Crippen molar-refractivity contribution >= 4 is 18.0 Å². The summed E-state index contributed by atoms with van der Waals surface area (Å²) in [6.45, 7) is 11.6. The number of carbonyl (C=O) groups excluding carboxylic acids is 2. The summed E-state index contributed by atoms with van der Waals surface area (Å²) in [5, 5.41) is 0. The highest BCUT2D eigenvalue weighted by atomic mass is 16.6. The maximum absolute atomic E-state index is 13.3. The van der Waals surface area contributed by atoms with E-state index < -0.39 is 6.10 Å². The molecule has 1 aliphatic carbocycles. The van der Waals surface area contributed by atoms with E-state index >= 15 is 0 Å². The number of carbonyl (C=O) groups is 2. The number of allylic oxidation sites excluding steroid dienone is 3. The first kappa shape index (κ1) is 36.1. The van der Waals surface area contributed by atoms with Crippen LogP contribution < -0.4 is 4.90 Å². The van der Waals surface area contributed by atoms with E-state index in [1.165, 1.54) is 51.4 Å². The van der Waals surface area contributed by atoms with Gasteiger partial charge in [-0.1, -0.05) is 70.3 Å². The molecule has 264 valence electrons. The number of piperazine rings is 1. The lowest BCUT2D eigenvalue weighted by molar-refractivity contribution is -0.148. The van der Waals surface area contributed by atoms with Gasteiger partial charge in [-0.3, -0.25) is 9.69 Å². The monoisotopic (exact) mass is 661 g/mol. The standard InChI is InChI=1S/C39H59N5O4/c1-30(35-22-23-40-38(41-35)43-24-11-12-25-43)14-13-15-31(2)37-32(3)20-21-34(18-9-6-10-19-36(45)48-37)47-39(46)44-28-26-42(27-29-44)33-16-7-4-5-8-17-33/h13-15,20-23,30,32-34,37H,4-12,16-19,24-29H2,1-3H3/b14-13+,21-20+,31-15+/t30?,32-,34+,37+/m0/s1. The summed E-state index contributed by atoms with van der Waals surface area (Å²) in [7, 11) is 0. The summed E-state index contributed by atoms with van der Waals surface area (Å²) in [6.07, 6.45) is 25.3. The van der Waals surface area contributed by atoms with E-state index in [0.29, 0.717) is 12.5 Å². The van der Waals surface area contributed by atoms with Crippen LogP contribution in [0.5, 0.6) is 0 Å². The first-order valence-corrected chi connectivity index (χ1v) is 18.9. The van der Waals surface area contributed by atoms with E-state index in [0.717, 1.165) is 82.2 Å². The van der Waals surface area contributed by atoms with Crippen molar-refractivity contribution in [2.75, 3.05) is 44.2 Å². The summed E-state index contributed by atoms with van der Waals surface area (Å²) in [6, 6.07) is 2.65. The Bertz CT molecular complexity index is 1260. The molecule has 1 saturated carbocycles. The minimum Gasteiger partial charge on any atom is -0.457 e. The minimum atomic E-state index is -0.401. The summed E-state index contributed by atoms with van der Waals surface area (Å²) in [5.41, 5.74) is 1.96. The molecule has 1 amide bonds. The number of hydrogen-bond acceptors (Lipinski definition) is 8. The lowest BCUT2D eigenvalue weighted by atomic mass is 9.95. The zero-order valence-electron chi connectivity index (χ0n) is 29.7. The van der Waals surface area contributed by atoms with Crippen molar-refractivity contribution in [2.45, 2.75) is 128 Å². The topological polar surface area (TPSA) is 88.1 Å². The number of cyclic esters (lactones) is 1. The Balaban J connectivity index is 1.18. The summed E-state index contributed by atoms with van der Waals surface area (Å²) < 4.78 is 12.2. The molecule has 9 nitrogen and oxygen atoms in total. The predicted octanol–water partition coefficient (Wildman–Crippen LogP) is 7.60. The SMILES string of the molecule is C/C(=C\C=C\C(C)c1ccnc(N2CCCC2)n1)[C@H]1OC(=O)CCCCC[C@@H](OC(=O)N2CCN(C3CCCCCC3)CC2)/C=C/[C@@H]1C. The van der Waals surface area contributed by atoms with Gasteiger partial charge < -0.3 is 19.3 Å². The Labute approximate surface area is 288 Å². The van der Waals surface area contributed by atoms with Gasteiger partial charge in [-0.2, -0.15) is 0 Å². The zero-order valence-corrected chi connectivity index (χ0v) is 29.7. The molecule has 0 aromatic carbocycles. The van der Waals surface area contributed by atoms with Crippen LogP contribution in [-0.2, 0) is 14.3 Å². The van der Waals surface area contributed by atoms with Gasteiger partial charge in [-0.25, -0.2) is 14.8 Å². The molecule has 1 aromatic heterocycles. The third kappa shape index (κ3) is 10.6. The highest BCUT2D eigenvalue weighted by molar-refractivity contribution is 5.70. The van der Waals surface area contributed by atoms with Crippen LogP contribution in [0, 0.1) is 5.92 Å². The average molecular weight is 662 g/mol. The Morgan fingerprint density at radius 1 is 0.938 bits per heavy atom. The van der Waals surface area contributed by atoms with E-state index in [1.807, 2.05) is 42.3 Å². The van der Waals surface area contributed by atoms with E-state index in [9.17, 15) is 9.59 Å². The van der Waals surface area contributed by atoms with Gasteiger partial charge in [0.1, 0.15) is 12.2 Å². The van der Waals surface area contributed by atoms with Crippen LogP contribution in [0.25, 0.3) is 0 Å². The highest BCUT2D eigenvalue weighted by Crippen LogP contribution is 2.25. The normalized spacial score (nSPS) is 27.5. The number of rotatable bonds is 7. The predicted molar refractivity (Wildman–Crippen MR) is 191 cm³/mol. The van der Waals surface area contributed by atoms with Gasteiger partial charge in [-0.05, 0) is 69.6 Å². The van der Waals surface area contributed by atoms with Crippen molar-refractivity contribution < 1.29 is 19.1 Å². The van der Waals surface area contributed by atoms with Gasteiger partial charge in [-0.15, -0.1) is 0 Å². The second-order valence-electron chi connectivity index (χ2n) is 14.4. The Kier molecular flexibility index (Phi) is 13.9. The Hall–Kier alpha value is -3.20. The molecule has 4 aliphatic rings. The largest absolute Gasteiger partial charge is 0.457 e. The Morgan fingerprint density at radius 2 is 1.65 bits per heavy atom. The number of anilines is 1. The fourth-order valence-corrected chi connectivity index (χ4v) is 7.55. The second-order valence-corrected chi connectivity index (χ2v) is 14.4. The maximum atomic E-state index is 13.3. The number of esters is 1. The molecule has 9 heteroatoms. The molecule has 3 aliphatic heterocycles. The van der Waals surface area contributed by atoms with Crippen molar-refractivity contribution in [2.24, 2.45) is 5.92 Å². The van der Waals surface area contributed by atoms with Gasteiger partial charge >= 0.3 is 12.1 Å². The van der Waals surface area contributed by atoms with E-state index in [2.05, 4.69) is 40.8 Å². The lowest BCUT2D eigenvalue weighted by Gasteiger charge is -2.39. The van der Waals surface area contributed by atoms with Gasteiger partial charge in [0.2, 0.25) is 5.95 Å². The van der Waals surface area contributed by atoms with Crippen LogP contribution in [0.2, 0.25) is 0 Å². The third-order valence-corrected chi connectivity index (χ3v) is 10.6. The summed E-state index contributed by atoms with van der Waals surface area (Å²) in [4.78, 5) is 42.2. The van der Waals surface area contributed by atoms with Gasteiger partial charge in [0.25, 0.3) is 0 Å². The lowest BCUT2D eigenvalue weighted by Crippen LogP contribution is -2.52. The third-order valence-electron chi connectivity index (χ3n) is 10.6.